The van der Waals surface area contributed by atoms with Crippen molar-refractivity contribution in [2.24, 2.45) is 0 Å². The average Bonchev–Trinajstić information content (AvgIpc) is 3.19. The number of aliphatic hydroxyl groups is 1. The molecule has 1 aliphatic heterocycles. The summed E-state index contributed by atoms with van der Waals surface area (Å²) in [7, 11) is 0. The van der Waals surface area contributed by atoms with Crippen LogP contribution >= 0.6 is 0 Å². The molecule has 2 amide bonds. The minimum atomic E-state index is -0.713. The van der Waals surface area contributed by atoms with Crippen LogP contribution in [0.4, 0.5) is 0 Å². The number of β-amino-alcohol motifs (C(OH)–C–C–N with tert-alkyl or cyclic N) is 1. The average molecular weight is 344 g/mol. The molecule has 2 aromatic heterocycles. The molecular weight excluding hydrogens is 324 g/mol. The van der Waals surface area contributed by atoms with E-state index in [1.807, 2.05) is 6.07 Å². The minimum Gasteiger partial charge on any atom is -0.391 e. The fourth-order valence-electron chi connectivity index (χ4n) is 2.90. The van der Waals surface area contributed by atoms with Crippen LogP contribution in [-0.4, -0.2) is 50.7 Å². The van der Waals surface area contributed by atoms with Crippen LogP contribution in [0.3, 0.4) is 0 Å². The van der Waals surface area contributed by atoms with Crippen molar-refractivity contribution in [2.75, 3.05) is 6.54 Å². The molecule has 2 atom stereocenters. The van der Waals surface area contributed by atoms with E-state index in [2.05, 4.69) is 15.5 Å². The third-order valence-corrected chi connectivity index (χ3v) is 4.09. The SMILES string of the molecule is Cc1cc(CC(=O)N2CC(O)CC2C(=O)NCc2cccnc2)on1. The van der Waals surface area contributed by atoms with Crippen LogP contribution in [0.5, 0.6) is 0 Å². The summed E-state index contributed by atoms with van der Waals surface area (Å²) >= 11 is 0. The van der Waals surface area contributed by atoms with Gasteiger partial charge < -0.3 is 19.8 Å². The van der Waals surface area contributed by atoms with E-state index >= 15 is 0 Å². The molecule has 2 unspecified atom stereocenters. The molecule has 2 N–H and O–H groups in total. The second-order valence-electron chi connectivity index (χ2n) is 6.14. The minimum absolute atomic E-state index is 0.0138. The van der Waals surface area contributed by atoms with Crippen LogP contribution in [0, 0.1) is 6.92 Å². The zero-order valence-corrected chi connectivity index (χ0v) is 13.9. The molecule has 1 saturated heterocycles. The summed E-state index contributed by atoms with van der Waals surface area (Å²) in [6.45, 7) is 2.23. The number of likely N-dealkylation sites (tertiary alicyclic amines) is 1. The molecule has 25 heavy (non-hydrogen) atoms. The lowest BCUT2D eigenvalue weighted by Gasteiger charge is -2.23. The van der Waals surface area contributed by atoms with E-state index in [1.165, 1.54) is 4.90 Å². The summed E-state index contributed by atoms with van der Waals surface area (Å²) in [6.07, 6.45) is 2.85. The number of hydrogen-bond acceptors (Lipinski definition) is 6. The number of amides is 2. The Labute approximate surface area is 144 Å². The summed E-state index contributed by atoms with van der Waals surface area (Å²) in [4.78, 5) is 30.4. The predicted molar refractivity (Wildman–Crippen MR) is 87.2 cm³/mol. The van der Waals surface area contributed by atoms with Gasteiger partial charge in [0.05, 0.1) is 18.2 Å². The molecule has 1 aliphatic rings. The van der Waals surface area contributed by atoms with Crippen molar-refractivity contribution in [1.29, 1.82) is 0 Å². The standard InChI is InChI=1S/C17H20N4O4/c1-11-5-14(25-20-11)7-16(23)21-10-13(22)6-15(21)17(24)19-9-12-3-2-4-18-8-12/h2-5,8,13,15,22H,6-7,9-10H2,1H3,(H,19,24). The third kappa shape index (κ3) is 4.21. The Bertz CT molecular complexity index is 746. The molecule has 0 bridgehead atoms. The van der Waals surface area contributed by atoms with Gasteiger partial charge in [0, 0.05) is 38.0 Å². The number of aryl methyl sites for hydroxylation is 1. The number of rotatable bonds is 5. The quantitative estimate of drug-likeness (QED) is 0.802. The number of carbonyl (C=O) groups is 2. The number of aromatic nitrogens is 2. The van der Waals surface area contributed by atoms with Gasteiger partial charge >= 0.3 is 0 Å². The molecule has 8 nitrogen and oxygen atoms in total. The first-order valence-corrected chi connectivity index (χ1v) is 8.09. The van der Waals surface area contributed by atoms with Crippen LogP contribution in [0.1, 0.15) is 23.4 Å². The van der Waals surface area contributed by atoms with Crippen molar-refractivity contribution in [3.63, 3.8) is 0 Å². The first-order valence-electron chi connectivity index (χ1n) is 8.09. The lowest BCUT2D eigenvalue weighted by Crippen LogP contribution is -2.46. The van der Waals surface area contributed by atoms with Gasteiger partial charge in [-0.3, -0.25) is 14.6 Å². The van der Waals surface area contributed by atoms with E-state index in [1.54, 1.807) is 31.5 Å². The van der Waals surface area contributed by atoms with Gasteiger partial charge in [0.1, 0.15) is 11.8 Å². The fourth-order valence-corrected chi connectivity index (χ4v) is 2.90. The smallest absolute Gasteiger partial charge is 0.243 e. The molecule has 3 rings (SSSR count). The molecule has 0 aliphatic carbocycles. The molecule has 8 heteroatoms. The van der Waals surface area contributed by atoms with Crippen molar-refractivity contribution < 1.29 is 19.2 Å². The summed E-state index contributed by atoms with van der Waals surface area (Å²) in [5, 5.41) is 16.4. The maximum Gasteiger partial charge on any atom is 0.243 e. The molecule has 0 saturated carbocycles. The highest BCUT2D eigenvalue weighted by atomic mass is 16.5. The second kappa shape index (κ2) is 7.43. The number of hydrogen-bond donors (Lipinski definition) is 2. The highest BCUT2D eigenvalue weighted by Crippen LogP contribution is 2.20. The topological polar surface area (TPSA) is 109 Å². The zero-order chi connectivity index (χ0) is 17.8. The van der Waals surface area contributed by atoms with Crippen molar-refractivity contribution in [3.05, 3.63) is 47.6 Å². The van der Waals surface area contributed by atoms with Gasteiger partial charge in [-0.15, -0.1) is 0 Å². The van der Waals surface area contributed by atoms with Gasteiger partial charge in [-0.05, 0) is 18.6 Å². The van der Waals surface area contributed by atoms with Crippen molar-refractivity contribution in [1.82, 2.24) is 20.4 Å². The Morgan fingerprint density at radius 3 is 3.00 bits per heavy atom. The van der Waals surface area contributed by atoms with Gasteiger partial charge in [0.15, 0.2) is 0 Å². The lowest BCUT2D eigenvalue weighted by atomic mass is 10.1. The van der Waals surface area contributed by atoms with Crippen molar-refractivity contribution >= 4 is 11.8 Å². The summed E-state index contributed by atoms with van der Waals surface area (Å²) in [5.41, 5.74) is 1.56. The molecular formula is C17H20N4O4. The highest BCUT2D eigenvalue weighted by molar-refractivity contribution is 5.89. The summed E-state index contributed by atoms with van der Waals surface area (Å²) < 4.78 is 5.05. The van der Waals surface area contributed by atoms with E-state index in [4.69, 9.17) is 4.52 Å². The predicted octanol–water partition coefficient (Wildman–Crippen LogP) is 0.199. The molecule has 132 valence electrons. The van der Waals surface area contributed by atoms with E-state index in [-0.39, 0.29) is 31.2 Å². The van der Waals surface area contributed by atoms with E-state index < -0.39 is 12.1 Å². The summed E-state index contributed by atoms with van der Waals surface area (Å²) in [6, 6.07) is 4.63. The Balaban J connectivity index is 1.62. The number of pyridine rings is 1. The van der Waals surface area contributed by atoms with Crippen molar-refractivity contribution in [3.8, 4) is 0 Å². The zero-order valence-electron chi connectivity index (χ0n) is 13.9. The Morgan fingerprint density at radius 2 is 2.32 bits per heavy atom. The highest BCUT2D eigenvalue weighted by Gasteiger charge is 2.38. The molecule has 1 fully saturated rings. The Hall–Kier alpha value is -2.74. The van der Waals surface area contributed by atoms with Gasteiger partial charge in [-0.1, -0.05) is 11.2 Å². The van der Waals surface area contributed by atoms with Gasteiger partial charge in [-0.25, -0.2) is 0 Å². The van der Waals surface area contributed by atoms with E-state index in [9.17, 15) is 14.7 Å². The number of nitrogens with one attached hydrogen (secondary N) is 1. The number of nitrogens with zero attached hydrogens (tertiary/aromatic N) is 3. The molecule has 2 aromatic rings. The second-order valence-corrected chi connectivity index (χ2v) is 6.14. The lowest BCUT2D eigenvalue weighted by molar-refractivity contribution is -0.138. The molecule has 3 heterocycles. The molecule has 0 radical (unpaired) electrons. The first kappa shape index (κ1) is 17.1. The monoisotopic (exact) mass is 344 g/mol. The number of aliphatic hydroxyl groups excluding tert-OH is 1. The van der Waals surface area contributed by atoms with Gasteiger partial charge in [-0.2, -0.15) is 0 Å². The normalized spacial score (nSPS) is 19.8. The largest absolute Gasteiger partial charge is 0.391 e. The Morgan fingerprint density at radius 1 is 1.48 bits per heavy atom. The van der Waals surface area contributed by atoms with Gasteiger partial charge in [0.25, 0.3) is 0 Å². The van der Waals surface area contributed by atoms with E-state index in [0.29, 0.717) is 18.0 Å². The van der Waals surface area contributed by atoms with Crippen LogP contribution in [0.25, 0.3) is 0 Å². The van der Waals surface area contributed by atoms with Crippen LogP contribution < -0.4 is 5.32 Å². The van der Waals surface area contributed by atoms with Crippen LogP contribution in [0.15, 0.2) is 35.1 Å². The van der Waals surface area contributed by atoms with Crippen molar-refractivity contribution in [2.45, 2.75) is 38.5 Å². The van der Waals surface area contributed by atoms with Gasteiger partial charge in [0.2, 0.25) is 11.8 Å². The maximum atomic E-state index is 12.5. The maximum absolute atomic E-state index is 12.5. The van der Waals surface area contributed by atoms with Crippen LogP contribution in [0.2, 0.25) is 0 Å². The summed E-state index contributed by atoms with van der Waals surface area (Å²) in [5.74, 6) is -0.116. The number of carbonyl (C=O) groups excluding carboxylic acids is 2. The Kier molecular flexibility index (Phi) is 5.08. The first-order chi connectivity index (χ1) is 12.0. The molecule has 0 spiro atoms. The van der Waals surface area contributed by atoms with E-state index in [0.717, 1.165) is 5.56 Å². The van der Waals surface area contributed by atoms with Crippen LogP contribution in [-0.2, 0) is 22.6 Å². The fraction of sp³-hybridized carbons (Fsp3) is 0.412. The third-order valence-electron chi connectivity index (χ3n) is 4.09. The molecule has 0 aromatic carbocycles.